The summed E-state index contributed by atoms with van der Waals surface area (Å²) in [6, 6.07) is 10.9. The lowest BCUT2D eigenvalue weighted by Crippen LogP contribution is -2.15. The normalized spacial score (nSPS) is 13.6. The fourth-order valence-corrected chi connectivity index (χ4v) is 2.48. The van der Waals surface area contributed by atoms with Gasteiger partial charge in [0.25, 0.3) is 0 Å². The Morgan fingerprint density at radius 1 is 1.27 bits per heavy atom. The van der Waals surface area contributed by atoms with Gasteiger partial charge in [0.15, 0.2) is 0 Å². The number of nitrogens with zero attached hydrogens (tertiary/aromatic N) is 1. The van der Waals surface area contributed by atoms with Crippen LogP contribution in [0.15, 0.2) is 40.2 Å². The van der Waals surface area contributed by atoms with Crippen molar-refractivity contribution in [1.29, 1.82) is 0 Å². The number of rotatable bonds is 5. The SMILES string of the molecule is CC=N[C@H](CSc1ccccc1)C(C)C. The van der Waals surface area contributed by atoms with Crippen LogP contribution < -0.4 is 0 Å². The van der Waals surface area contributed by atoms with Gasteiger partial charge >= 0.3 is 0 Å². The molecule has 1 rings (SSSR count). The number of hydrogen-bond acceptors (Lipinski definition) is 2. The molecule has 0 fully saturated rings. The summed E-state index contributed by atoms with van der Waals surface area (Å²) in [6.45, 7) is 6.44. The van der Waals surface area contributed by atoms with Gasteiger partial charge in [-0.05, 0) is 31.2 Å². The van der Waals surface area contributed by atoms with Crippen LogP contribution in [-0.2, 0) is 0 Å². The van der Waals surface area contributed by atoms with Gasteiger partial charge < -0.3 is 0 Å². The first kappa shape index (κ1) is 12.3. The Morgan fingerprint density at radius 3 is 2.47 bits per heavy atom. The van der Waals surface area contributed by atoms with Crippen LogP contribution in [0.25, 0.3) is 0 Å². The molecule has 0 unspecified atom stereocenters. The molecule has 1 aromatic carbocycles. The Balaban J connectivity index is 2.47. The largest absolute Gasteiger partial charge is 0.293 e. The minimum Gasteiger partial charge on any atom is -0.293 e. The third-order valence-corrected chi connectivity index (χ3v) is 3.39. The monoisotopic (exact) mass is 221 g/mol. The molecular formula is C13H19NS. The van der Waals surface area contributed by atoms with Crippen molar-refractivity contribution < 1.29 is 0 Å². The van der Waals surface area contributed by atoms with E-state index in [1.807, 2.05) is 31.0 Å². The second-order valence-corrected chi connectivity index (χ2v) is 4.94. The number of aliphatic imine (C=N–C) groups is 1. The van der Waals surface area contributed by atoms with Gasteiger partial charge in [-0.25, -0.2) is 0 Å². The van der Waals surface area contributed by atoms with Crippen LogP contribution in [0.5, 0.6) is 0 Å². The van der Waals surface area contributed by atoms with Crippen LogP contribution in [0.4, 0.5) is 0 Å². The molecule has 82 valence electrons. The van der Waals surface area contributed by atoms with E-state index in [1.165, 1.54) is 4.90 Å². The van der Waals surface area contributed by atoms with Crippen LogP contribution in [-0.4, -0.2) is 18.0 Å². The zero-order chi connectivity index (χ0) is 11.1. The van der Waals surface area contributed by atoms with Gasteiger partial charge in [-0.3, -0.25) is 4.99 Å². The quantitative estimate of drug-likeness (QED) is 0.542. The summed E-state index contributed by atoms with van der Waals surface area (Å²) in [5, 5.41) is 0. The zero-order valence-electron chi connectivity index (χ0n) is 9.68. The second-order valence-electron chi connectivity index (χ2n) is 3.84. The lowest BCUT2D eigenvalue weighted by molar-refractivity contribution is 0.539. The van der Waals surface area contributed by atoms with Gasteiger partial charge in [-0.1, -0.05) is 32.0 Å². The molecule has 0 aliphatic rings. The van der Waals surface area contributed by atoms with Crippen molar-refractivity contribution in [3.05, 3.63) is 30.3 Å². The minimum atomic E-state index is 0.431. The van der Waals surface area contributed by atoms with Crippen LogP contribution in [0, 0.1) is 5.92 Å². The third kappa shape index (κ3) is 4.52. The summed E-state index contributed by atoms with van der Waals surface area (Å²) >= 11 is 1.88. The highest BCUT2D eigenvalue weighted by Crippen LogP contribution is 2.21. The predicted molar refractivity (Wildman–Crippen MR) is 70.0 cm³/mol. The van der Waals surface area contributed by atoms with Crippen LogP contribution >= 0.6 is 11.8 Å². The zero-order valence-corrected chi connectivity index (χ0v) is 10.5. The van der Waals surface area contributed by atoms with Crippen molar-refractivity contribution in [2.45, 2.75) is 31.7 Å². The molecule has 0 radical (unpaired) electrons. The fraction of sp³-hybridized carbons (Fsp3) is 0.462. The molecule has 0 amide bonds. The van der Waals surface area contributed by atoms with Gasteiger partial charge in [0.2, 0.25) is 0 Å². The molecule has 2 heteroatoms. The molecule has 0 saturated carbocycles. The van der Waals surface area contributed by atoms with Crippen LogP contribution in [0.3, 0.4) is 0 Å². The maximum Gasteiger partial charge on any atom is 0.0612 e. The molecule has 0 spiro atoms. The molecule has 0 aliphatic heterocycles. The van der Waals surface area contributed by atoms with Gasteiger partial charge in [0.05, 0.1) is 6.04 Å². The molecule has 0 saturated heterocycles. The summed E-state index contributed by atoms with van der Waals surface area (Å²) < 4.78 is 0. The highest BCUT2D eigenvalue weighted by molar-refractivity contribution is 7.99. The molecule has 0 bridgehead atoms. The average molecular weight is 221 g/mol. The van der Waals surface area contributed by atoms with Crippen molar-refractivity contribution in [2.24, 2.45) is 10.9 Å². The van der Waals surface area contributed by atoms with E-state index in [0.29, 0.717) is 12.0 Å². The van der Waals surface area contributed by atoms with E-state index in [-0.39, 0.29) is 0 Å². The second kappa shape index (κ2) is 6.67. The molecule has 0 aromatic heterocycles. The van der Waals surface area contributed by atoms with Crippen molar-refractivity contribution in [3.63, 3.8) is 0 Å². The maximum absolute atomic E-state index is 4.49. The Hall–Kier alpha value is -0.760. The average Bonchev–Trinajstić information content (AvgIpc) is 2.25. The Bertz CT molecular complexity index is 293. The van der Waals surface area contributed by atoms with Crippen LogP contribution in [0.1, 0.15) is 20.8 Å². The standard InChI is InChI=1S/C13H19NS/c1-4-14-13(11(2)3)10-15-12-8-6-5-7-9-12/h4-9,11,13H,10H2,1-3H3/t13-/m1/s1. The molecule has 1 nitrogen and oxygen atoms in total. The first-order valence-corrected chi connectivity index (χ1v) is 6.38. The number of hydrogen-bond donors (Lipinski definition) is 0. The van der Waals surface area contributed by atoms with E-state index in [9.17, 15) is 0 Å². The molecule has 15 heavy (non-hydrogen) atoms. The lowest BCUT2D eigenvalue weighted by atomic mass is 10.1. The molecular weight excluding hydrogens is 202 g/mol. The fourth-order valence-electron chi connectivity index (χ4n) is 1.30. The van der Waals surface area contributed by atoms with E-state index < -0.39 is 0 Å². The molecule has 0 aliphatic carbocycles. The number of benzene rings is 1. The van der Waals surface area contributed by atoms with Crippen molar-refractivity contribution >= 4 is 18.0 Å². The van der Waals surface area contributed by atoms with Gasteiger partial charge in [-0.2, -0.15) is 0 Å². The van der Waals surface area contributed by atoms with Gasteiger partial charge in [-0.15, -0.1) is 11.8 Å². The summed E-state index contributed by atoms with van der Waals surface area (Å²) in [4.78, 5) is 5.82. The highest BCUT2D eigenvalue weighted by Gasteiger charge is 2.10. The highest BCUT2D eigenvalue weighted by atomic mass is 32.2. The smallest absolute Gasteiger partial charge is 0.0612 e. The Labute approximate surface area is 97.0 Å². The van der Waals surface area contributed by atoms with Gasteiger partial charge in [0, 0.05) is 10.6 Å². The van der Waals surface area contributed by atoms with E-state index in [4.69, 9.17) is 0 Å². The van der Waals surface area contributed by atoms with Crippen LogP contribution in [0.2, 0.25) is 0 Å². The summed E-state index contributed by atoms with van der Waals surface area (Å²) in [7, 11) is 0. The van der Waals surface area contributed by atoms with E-state index in [2.05, 4.69) is 43.1 Å². The number of thioether (sulfide) groups is 1. The lowest BCUT2D eigenvalue weighted by Gasteiger charge is -2.15. The maximum atomic E-state index is 4.49. The Morgan fingerprint density at radius 2 is 1.93 bits per heavy atom. The van der Waals surface area contributed by atoms with Crippen molar-refractivity contribution in [1.82, 2.24) is 0 Å². The minimum absolute atomic E-state index is 0.431. The van der Waals surface area contributed by atoms with Crippen molar-refractivity contribution in [2.75, 3.05) is 5.75 Å². The van der Waals surface area contributed by atoms with E-state index in [1.54, 1.807) is 0 Å². The Kier molecular flexibility index (Phi) is 5.48. The summed E-state index contributed by atoms with van der Waals surface area (Å²) in [5.41, 5.74) is 0. The summed E-state index contributed by atoms with van der Waals surface area (Å²) in [6.07, 6.45) is 1.91. The molecule has 1 atom stereocenters. The summed E-state index contributed by atoms with van der Waals surface area (Å²) in [5.74, 6) is 1.67. The third-order valence-electron chi connectivity index (χ3n) is 2.27. The topological polar surface area (TPSA) is 12.4 Å². The predicted octanol–water partition coefficient (Wildman–Crippen LogP) is 3.89. The van der Waals surface area contributed by atoms with Crippen molar-refractivity contribution in [3.8, 4) is 0 Å². The molecule has 0 heterocycles. The molecule has 0 N–H and O–H groups in total. The molecule has 1 aromatic rings. The first-order valence-electron chi connectivity index (χ1n) is 5.39. The van der Waals surface area contributed by atoms with Gasteiger partial charge in [0.1, 0.15) is 0 Å². The van der Waals surface area contributed by atoms with E-state index >= 15 is 0 Å². The van der Waals surface area contributed by atoms with E-state index in [0.717, 1.165) is 5.75 Å². The first-order chi connectivity index (χ1) is 7.24.